The summed E-state index contributed by atoms with van der Waals surface area (Å²) in [5.74, 6) is -1.22. The van der Waals surface area contributed by atoms with Gasteiger partial charge in [-0.2, -0.15) is 13.2 Å². The minimum atomic E-state index is -4.85. The van der Waals surface area contributed by atoms with Crippen LogP contribution in [0.5, 0.6) is 5.75 Å². The summed E-state index contributed by atoms with van der Waals surface area (Å²) in [5.41, 5.74) is -0.723. The quantitative estimate of drug-likeness (QED) is 0.507. The monoisotopic (exact) mass is 428 g/mol. The number of anilines is 1. The van der Waals surface area contributed by atoms with Gasteiger partial charge in [0.1, 0.15) is 10.6 Å². The van der Waals surface area contributed by atoms with E-state index in [0.717, 1.165) is 6.08 Å². The van der Waals surface area contributed by atoms with Crippen LogP contribution in [0.3, 0.4) is 0 Å². The van der Waals surface area contributed by atoms with E-state index in [2.05, 4.69) is 15.0 Å². The number of alkyl halides is 3. The molecule has 1 amide bonds. The van der Waals surface area contributed by atoms with Crippen LogP contribution in [0.15, 0.2) is 30.3 Å². The number of nitrogens with zero attached hydrogens (tertiary/aromatic N) is 1. The topological polar surface area (TPSA) is 77.5 Å². The van der Waals surface area contributed by atoms with Crippen LogP contribution in [-0.4, -0.2) is 29.6 Å². The number of amides is 1. The number of ether oxygens (including phenoxy) is 2. The van der Waals surface area contributed by atoms with Crippen LogP contribution in [0.2, 0.25) is 0 Å². The van der Waals surface area contributed by atoms with Crippen LogP contribution in [0, 0.1) is 0 Å². The number of carbonyl (C=O) groups excluding carboxylic acids is 2. The highest BCUT2D eigenvalue weighted by atomic mass is 32.1. The van der Waals surface area contributed by atoms with Crippen molar-refractivity contribution in [3.05, 3.63) is 46.5 Å². The molecule has 1 heterocycles. The normalized spacial score (nSPS) is 11.7. The first-order valence-electron chi connectivity index (χ1n) is 8.61. The molecule has 6 nitrogen and oxygen atoms in total. The van der Waals surface area contributed by atoms with Gasteiger partial charge in [0.2, 0.25) is 5.91 Å². The molecule has 0 aliphatic carbocycles. The lowest BCUT2D eigenvalue weighted by molar-refractivity contribution is -0.141. The lowest BCUT2D eigenvalue weighted by atomic mass is 10.2. The number of benzene rings is 1. The van der Waals surface area contributed by atoms with Gasteiger partial charge in [-0.1, -0.05) is 23.5 Å². The second-order valence-electron chi connectivity index (χ2n) is 5.98. The number of thiazole rings is 1. The number of carbonyl (C=O) groups is 2. The van der Waals surface area contributed by atoms with Crippen LogP contribution in [0.4, 0.5) is 18.3 Å². The number of halogens is 3. The highest BCUT2D eigenvalue weighted by molar-refractivity contribution is 7.17. The molecule has 0 spiro atoms. The van der Waals surface area contributed by atoms with E-state index in [9.17, 15) is 22.8 Å². The first kappa shape index (κ1) is 22.4. The standard InChI is InChI=1S/C19H19F3N2O4S/c1-4-27-17(26)15-16(19(20,21)22)24-18(29-15)23-14(25)9-8-12-6-5-7-13(10-12)28-11(2)3/h5-11H,4H2,1-3H3,(H,23,24,25)/b9-8+. The predicted octanol–water partition coefficient (Wildman–Crippen LogP) is 4.78. The van der Waals surface area contributed by atoms with E-state index in [1.165, 1.54) is 13.0 Å². The lowest BCUT2D eigenvalue weighted by Gasteiger charge is -2.09. The summed E-state index contributed by atoms with van der Waals surface area (Å²) >= 11 is 0.402. The van der Waals surface area contributed by atoms with Gasteiger partial charge in [-0.25, -0.2) is 9.78 Å². The fraction of sp³-hybridized carbons (Fsp3) is 0.316. The molecule has 0 fully saturated rings. The van der Waals surface area contributed by atoms with Crippen molar-refractivity contribution in [1.82, 2.24) is 4.98 Å². The Hall–Kier alpha value is -2.88. The van der Waals surface area contributed by atoms with Crippen LogP contribution in [0.1, 0.15) is 41.7 Å². The zero-order chi connectivity index (χ0) is 21.6. The summed E-state index contributed by atoms with van der Waals surface area (Å²) in [4.78, 5) is 26.4. The molecule has 156 valence electrons. The van der Waals surface area contributed by atoms with Crippen molar-refractivity contribution in [2.24, 2.45) is 0 Å². The summed E-state index contributed by atoms with van der Waals surface area (Å²) < 4.78 is 49.5. The predicted molar refractivity (Wildman–Crippen MR) is 103 cm³/mol. The molecule has 0 bridgehead atoms. The van der Waals surface area contributed by atoms with Gasteiger partial charge in [-0.15, -0.1) is 0 Å². The third-order valence-electron chi connectivity index (χ3n) is 3.24. The molecule has 2 rings (SSSR count). The van der Waals surface area contributed by atoms with Crippen molar-refractivity contribution < 1.29 is 32.2 Å². The van der Waals surface area contributed by atoms with E-state index in [1.807, 2.05) is 13.8 Å². The number of aromatic nitrogens is 1. The lowest BCUT2D eigenvalue weighted by Crippen LogP contribution is -2.14. The van der Waals surface area contributed by atoms with Gasteiger partial charge in [0.15, 0.2) is 10.8 Å². The Morgan fingerprint density at radius 3 is 2.66 bits per heavy atom. The molecule has 0 radical (unpaired) electrons. The van der Waals surface area contributed by atoms with Crippen molar-refractivity contribution in [3.63, 3.8) is 0 Å². The maximum Gasteiger partial charge on any atom is 0.435 e. The molecule has 1 N–H and O–H groups in total. The number of hydrogen-bond acceptors (Lipinski definition) is 6. The van der Waals surface area contributed by atoms with Gasteiger partial charge in [0.05, 0.1) is 12.7 Å². The minimum absolute atomic E-state index is 0.0150. The molecule has 0 aliphatic heterocycles. The molecule has 10 heteroatoms. The molecule has 29 heavy (non-hydrogen) atoms. The van der Waals surface area contributed by atoms with E-state index < -0.39 is 28.6 Å². The summed E-state index contributed by atoms with van der Waals surface area (Å²) in [7, 11) is 0. The van der Waals surface area contributed by atoms with Gasteiger partial charge >= 0.3 is 12.1 Å². The maximum atomic E-state index is 13.1. The molecule has 0 saturated heterocycles. The summed E-state index contributed by atoms with van der Waals surface area (Å²) in [6.45, 7) is 5.15. The van der Waals surface area contributed by atoms with Gasteiger partial charge in [0.25, 0.3) is 0 Å². The molecular formula is C19H19F3N2O4S. The summed E-state index contributed by atoms with van der Waals surface area (Å²) in [6, 6.07) is 6.97. The smallest absolute Gasteiger partial charge is 0.435 e. The first-order valence-corrected chi connectivity index (χ1v) is 9.42. The fourth-order valence-electron chi connectivity index (χ4n) is 2.18. The van der Waals surface area contributed by atoms with E-state index in [4.69, 9.17) is 4.74 Å². The Morgan fingerprint density at radius 1 is 1.31 bits per heavy atom. The zero-order valence-corrected chi connectivity index (χ0v) is 16.7. The second-order valence-corrected chi connectivity index (χ2v) is 6.98. The van der Waals surface area contributed by atoms with E-state index in [-0.39, 0.29) is 17.8 Å². The van der Waals surface area contributed by atoms with Crippen LogP contribution < -0.4 is 10.1 Å². The molecule has 0 unspecified atom stereocenters. The molecule has 2 aromatic rings. The molecule has 0 aliphatic rings. The average Bonchev–Trinajstić information content (AvgIpc) is 3.04. The number of esters is 1. The fourth-order valence-corrected chi connectivity index (χ4v) is 3.07. The Morgan fingerprint density at radius 2 is 2.03 bits per heavy atom. The van der Waals surface area contributed by atoms with Crippen molar-refractivity contribution in [3.8, 4) is 5.75 Å². The summed E-state index contributed by atoms with van der Waals surface area (Å²) in [6.07, 6.45) is -2.24. The third kappa shape index (κ3) is 6.60. The van der Waals surface area contributed by atoms with Crippen molar-refractivity contribution >= 4 is 34.4 Å². The van der Waals surface area contributed by atoms with Crippen molar-refractivity contribution in [2.75, 3.05) is 11.9 Å². The van der Waals surface area contributed by atoms with Gasteiger partial charge in [-0.05, 0) is 44.5 Å². The van der Waals surface area contributed by atoms with Crippen LogP contribution in [-0.2, 0) is 15.7 Å². The number of nitrogens with one attached hydrogen (secondary N) is 1. The van der Waals surface area contributed by atoms with E-state index in [0.29, 0.717) is 22.6 Å². The molecular weight excluding hydrogens is 409 g/mol. The summed E-state index contributed by atoms with van der Waals surface area (Å²) in [5, 5.41) is 1.88. The largest absolute Gasteiger partial charge is 0.491 e. The van der Waals surface area contributed by atoms with E-state index in [1.54, 1.807) is 24.3 Å². The molecule has 0 saturated carbocycles. The number of hydrogen-bond donors (Lipinski definition) is 1. The van der Waals surface area contributed by atoms with Crippen LogP contribution in [0.25, 0.3) is 6.08 Å². The first-order chi connectivity index (χ1) is 13.6. The van der Waals surface area contributed by atoms with Crippen molar-refractivity contribution in [1.29, 1.82) is 0 Å². The number of rotatable bonds is 7. The maximum absolute atomic E-state index is 13.1. The Balaban J connectivity index is 2.14. The van der Waals surface area contributed by atoms with Crippen molar-refractivity contribution in [2.45, 2.75) is 33.1 Å². The SMILES string of the molecule is CCOC(=O)c1sc(NC(=O)/C=C/c2cccc(OC(C)C)c2)nc1C(F)(F)F. The average molecular weight is 428 g/mol. The van der Waals surface area contributed by atoms with Gasteiger partial charge in [0, 0.05) is 6.08 Å². The highest BCUT2D eigenvalue weighted by Gasteiger charge is 2.40. The van der Waals surface area contributed by atoms with Gasteiger partial charge in [-0.3, -0.25) is 10.1 Å². The highest BCUT2D eigenvalue weighted by Crippen LogP contribution is 2.36. The van der Waals surface area contributed by atoms with Crippen LogP contribution >= 0.6 is 11.3 Å². The Labute approximate surface area is 169 Å². The second kappa shape index (κ2) is 9.55. The van der Waals surface area contributed by atoms with E-state index >= 15 is 0 Å². The third-order valence-corrected chi connectivity index (χ3v) is 4.19. The Bertz CT molecular complexity index is 907. The van der Waals surface area contributed by atoms with Gasteiger partial charge < -0.3 is 9.47 Å². The molecule has 0 atom stereocenters. The molecule has 1 aromatic heterocycles. The Kier molecular flexibility index (Phi) is 7.38. The molecule has 1 aromatic carbocycles. The minimum Gasteiger partial charge on any atom is -0.491 e. The zero-order valence-electron chi connectivity index (χ0n) is 15.9.